The lowest BCUT2D eigenvalue weighted by Gasteiger charge is -2.22. The zero-order chi connectivity index (χ0) is 13.7. The third-order valence-corrected chi connectivity index (χ3v) is 5.30. The van der Waals surface area contributed by atoms with Crippen LogP contribution >= 0.6 is 15.9 Å². The molecule has 0 bridgehead atoms. The van der Waals surface area contributed by atoms with Gasteiger partial charge in [-0.1, -0.05) is 22.0 Å². The Kier molecular flexibility index (Phi) is 5.38. The number of benzene rings is 1. The molecule has 1 saturated heterocycles. The normalized spacial score (nSPS) is 20.4. The molecule has 1 aliphatic rings. The van der Waals surface area contributed by atoms with E-state index in [9.17, 15) is 8.42 Å². The number of piperidine rings is 1. The maximum Gasteiger partial charge on any atom is 0.240 e. The first-order valence-corrected chi connectivity index (χ1v) is 8.81. The molecule has 1 aromatic carbocycles. The molecule has 2 N–H and O–H groups in total. The van der Waals surface area contributed by atoms with Gasteiger partial charge >= 0.3 is 0 Å². The van der Waals surface area contributed by atoms with Crippen LogP contribution in [0.3, 0.4) is 0 Å². The highest BCUT2D eigenvalue weighted by atomic mass is 79.9. The van der Waals surface area contributed by atoms with Gasteiger partial charge in [0.2, 0.25) is 10.0 Å². The third kappa shape index (κ3) is 4.56. The highest BCUT2D eigenvalue weighted by molar-refractivity contribution is 9.10. The third-order valence-electron chi connectivity index (χ3n) is 3.35. The summed E-state index contributed by atoms with van der Waals surface area (Å²) in [4.78, 5) is 0.309. The van der Waals surface area contributed by atoms with E-state index in [1.54, 1.807) is 18.2 Å². The molecule has 0 saturated carbocycles. The van der Waals surface area contributed by atoms with Crippen molar-refractivity contribution in [3.05, 3.63) is 28.7 Å². The van der Waals surface area contributed by atoms with E-state index in [4.69, 9.17) is 0 Å². The van der Waals surface area contributed by atoms with E-state index >= 15 is 0 Å². The molecular formula is C13H19BrN2O2S. The van der Waals surface area contributed by atoms with E-state index in [1.807, 2.05) is 6.07 Å². The van der Waals surface area contributed by atoms with E-state index in [0.717, 1.165) is 24.0 Å². The van der Waals surface area contributed by atoms with Crippen molar-refractivity contribution in [1.29, 1.82) is 0 Å². The van der Waals surface area contributed by atoms with Crippen LogP contribution < -0.4 is 10.0 Å². The smallest absolute Gasteiger partial charge is 0.240 e. The molecule has 106 valence electrons. The molecule has 1 fully saturated rings. The largest absolute Gasteiger partial charge is 0.316 e. The number of halogens is 1. The fraction of sp³-hybridized carbons (Fsp3) is 0.538. The van der Waals surface area contributed by atoms with Crippen molar-refractivity contribution < 1.29 is 8.42 Å². The van der Waals surface area contributed by atoms with Crippen molar-refractivity contribution in [3.63, 3.8) is 0 Å². The minimum atomic E-state index is -3.38. The summed E-state index contributed by atoms with van der Waals surface area (Å²) in [7, 11) is -3.38. The Labute approximate surface area is 123 Å². The minimum absolute atomic E-state index is 0.309. The van der Waals surface area contributed by atoms with Gasteiger partial charge in [-0.2, -0.15) is 0 Å². The zero-order valence-corrected chi connectivity index (χ0v) is 13.1. The van der Waals surface area contributed by atoms with Crippen LogP contribution in [-0.4, -0.2) is 28.1 Å². The second kappa shape index (κ2) is 6.83. The standard InChI is InChI=1S/C13H19BrN2O2S/c14-12-4-1-5-13(9-12)19(17,18)16-8-6-11-3-2-7-15-10-11/h1,4-5,9,11,15-16H,2-3,6-8,10H2. The first-order valence-electron chi connectivity index (χ1n) is 6.54. The Bertz CT molecular complexity index is 513. The summed E-state index contributed by atoms with van der Waals surface area (Å²) in [5, 5.41) is 3.34. The number of sulfonamides is 1. The van der Waals surface area contributed by atoms with Crippen molar-refractivity contribution in [2.45, 2.75) is 24.2 Å². The lowest BCUT2D eigenvalue weighted by atomic mass is 9.96. The zero-order valence-electron chi connectivity index (χ0n) is 10.7. The summed E-state index contributed by atoms with van der Waals surface area (Å²) in [6.07, 6.45) is 3.26. The molecule has 2 rings (SSSR count). The number of hydrogen-bond donors (Lipinski definition) is 2. The summed E-state index contributed by atoms with van der Waals surface area (Å²) >= 11 is 3.28. The van der Waals surface area contributed by atoms with Crippen LogP contribution in [-0.2, 0) is 10.0 Å². The van der Waals surface area contributed by atoms with Crippen molar-refractivity contribution >= 4 is 26.0 Å². The monoisotopic (exact) mass is 346 g/mol. The summed E-state index contributed by atoms with van der Waals surface area (Å²) in [5.41, 5.74) is 0. The predicted molar refractivity (Wildman–Crippen MR) is 79.5 cm³/mol. The van der Waals surface area contributed by atoms with Gasteiger partial charge in [-0.05, 0) is 56.5 Å². The minimum Gasteiger partial charge on any atom is -0.316 e. The Morgan fingerprint density at radius 3 is 2.95 bits per heavy atom. The Hall–Kier alpha value is -0.430. The summed E-state index contributed by atoms with van der Waals surface area (Å²) < 4.78 is 27.6. The van der Waals surface area contributed by atoms with E-state index in [1.165, 1.54) is 12.8 Å². The molecule has 0 spiro atoms. The van der Waals surface area contributed by atoms with Crippen LogP contribution in [0.15, 0.2) is 33.6 Å². The van der Waals surface area contributed by atoms with Crippen LogP contribution in [0.5, 0.6) is 0 Å². The van der Waals surface area contributed by atoms with Crippen LogP contribution in [0.1, 0.15) is 19.3 Å². The molecule has 1 aromatic rings. The molecule has 1 aliphatic heterocycles. The predicted octanol–water partition coefficient (Wildman–Crippen LogP) is 2.12. The Balaban J connectivity index is 1.87. The first-order chi connectivity index (χ1) is 9.08. The topological polar surface area (TPSA) is 58.2 Å². The van der Waals surface area contributed by atoms with Gasteiger partial charge in [-0.3, -0.25) is 0 Å². The van der Waals surface area contributed by atoms with Crippen LogP contribution in [0.2, 0.25) is 0 Å². The molecule has 0 radical (unpaired) electrons. The SMILES string of the molecule is O=S(=O)(NCCC1CCCNC1)c1cccc(Br)c1. The molecule has 1 heterocycles. The van der Waals surface area contributed by atoms with Gasteiger partial charge < -0.3 is 5.32 Å². The summed E-state index contributed by atoms with van der Waals surface area (Å²) in [6, 6.07) is 6.76. The Morgan fingerprint density at radius 2 is 2.26 bits per heavy atom. The fourth-order valence-electron chi connectivity index (χ4n) is 2.29. The molecule has 6 heteroatoms. The van der Waals surface area contributed by atoms with Gasteiger partial charge in [0.05, 0.1) is 4.90 Å². The molecule has 19 heavy (non-hydrogen) atoms. The second-order valence-corrected chi connectivity index (χ2v) is 7.54. The van der Waals surface area contributed by atoms with Crippen LogP contribution in [0, 0.1) is 5.92 Å². The molecule has 1 unspecified atom stereocenters. The molecule has 4 nitrogen and oxygen atoms in total. The number of rotatable bonds is 5. The average molecular weight is 347 g/mol. The molecular weight excluding hydrogens is 328 g/mol. The average Bonchev–Trinajstić information content (AvgIpc) is 2.40. The van der Waals surface area contributed by atoms with Gasteiger partial charge in [0.1, 0.15) is 0 Å². The second-order valence-electron chi connectivity index (χ2n) is 4.86. The highest BCUT2D eigenvalue weighted by Crippen LogP contribution is 2.17. The molecule has 1 atom stereocenters. The van der Waals surface area contributed by atoms with Gasteiger partial charge in [0, 0.05) is 11.0 Å². The summed E-state index contributed by atoms with van der Waals surface area (Å²) in [6.45, 7) is 2.58. The summed E-state index contributed by atoms with van der Waals surface area (Å²) in [5.74, 6) is 0.582. The van der Waals surface area contributed by atoms with Gasteiger partial charge in [-0.25, -0.2) is 13.1 Å². The van der Waals surface area contributed by atoms with Crippen molar-refractivity contribution in [2.24, 2.45) is 5.92 Å². The van der Waals surface area contributed by atoms with Gasteiger partial charge in [0.25, 0.3) is 0 Å². The fourth-order valence-corrected chi connectivity index (χ4v) is 3.93. The maximum atomic E-state index is 12.1. The quantitative estimate of drug-likeness (QED) is 0.858. The lowest BCUT2D eigenvalue weighted by Crippen LogP contribution is -2.33. The van der Waals surface area contributed by atoms with E-state index in [2.05, 4.69) is 26.0 Å². The van der Waals surface area contributed by atoms with Crippen molar-refractivity contribution in [1.82, 2.24) is 10.0 Å². The van der Waals surface area contributed by atoms with E-state index in [0.29, 0.717) is 17.4 Å². The van der Waals surface area contributed by atoms with Crippen molar-refractivity contribution in [2.75, 3.05) is 19.6 Å². The number of nitrogens with one attached hydrogen (secondary N) is 2. The van der Waals surface area contributed by atoms with Crippen molar-refractivity contribution in [3.8, 4) is 0 Å². The maximum absolute atomic E-state index is 12.1. The molecule has 0 aliphatic carbocycles. The van der Waals surface area contributed by atoms with Gasteiger partial charge in [0.15, 0.2) is 0 Å². The van der Waals surface area contributed by atoms with E-state index < -0.39 is 10.0 Å². The number of hydrogen-bond acceptors (Lipinski definition) is 3. The highest BCUT2D eigenvalue weighted by Gasteiger charge is 2.16. The van der Waals surface area contributed by atoms with Crippen LogP contribution in [0.25, 0.3) is 0 Å². The Morgan fingerprint density at radius 1 is 1.42 bits per heavy atom. The molecule has 0 aromatic heterocycles. The first kappa shape index (κ1) is 15.0. The van der Waals surface area contributed by atoms with Gasteiger partial charge in [-0.15, -0.1) is 0 Å². The van der Waals surface area contributed by atoms with E-state index in [-0.39, 0.29) is 0 Å². The molecule has 0 amide bonds. The van der Waals surface area contributed by atoms with Crippen LogP contribution in [0.4, 0.5) is 0 Å². The lowest BCUT2D eigenvalue weighted by molar-refractivity contribution is 0.358.